The zero-order valence-corrected chi connectivity index (χ0v) is 10.9. The van der Waals surface area contributed by atoms with E-state index in [1.54, 1.807) is 4.90 Å². The van der Waals surface area contributed by atoms with Crippen molar-refractivity contribution in [2.75, 3.05) is 18.8 Å². The summed E-state index contributed by atoms with van der Waals surface area (Å²) in [6, 6.07) is 0. The first-order chi connectivity index (χ1) is 8.02. The number of carbonyl (C=O) groups is 2. The van der Waals surface area contributed by atoms with Gasteiger partial charge in [0.1, 0.15) is 11.0 Å². The highest BCUT2D eigenvalue weighted by Crippen LogP contribution is 2.10. The molecule has 5 nitrogen and oxygen atoms in total. The normalized spacial score (nSPS) is 20.4. The van der Waals surface area contributed by atoms with E-state index in [1.165, 1.54) is 6.92 Å². The molecule has 1 heterocycles. The molecule has 6 heteroatoms. The van der Waals surface area contributed by atoms with E-state index in [-0.39, 0.29) is 11.7 Å². The Morgan fingerprint density at radius 1 is 1.24 bits per heavy atom. The molecule has 2 atom stereocenters. The lowest BCUT2D eigenvalue weighted by Crippen LogP contribution is -2.37. The second kappa shape index (κ2) is 6.74. The van der Waals surface area contributed by atoms with E-state index in [0.29, 0.717) is 13.1 Å². The fourth-order valence-electron chi connectivity index (χ4n) is 1.77. The molecule has 1 aliphatic heterocycles. The van der Waals surface area contributed by atoms with Crippen LogP contribution in [0.4, 0.5) is 0 Å². The van der Waals surface area contributed by atoms with Gasteiger partial charge < -0.3 is 10.0 Å². The number of rotatable bonds is 4. The van der Waals surface area contributed by atoms with Gasteiger partial charge in [-0.1, -0.05) is 12.8 Å². The monoisotopic (exact) mass is 261 g/mol. The number of carboxylic acids is 1. The molecule has 1 N–H and O–H groups in total. The number of aliphatic carboxylic acids is 1. The Morgan fingerprint density at radius 2 is 1.76 bits per heavy atom. The van der Waals surface area contributed by atoms with E-state index < -0.39 is 22.0 Å². The van der Waals surface area contributed by atoms with Crippen LogP contribution < -0.4 is 0 Å². The number of carbonyl (C=O) groups excluding carboxylic acids is 1. The summed E-state index contributed by atoms with van der Waals surface area (Å²) in [6.45, 7) is 2.78. The number of hydrogen-bond acceptors (Lipinski definition) is 3. The molecular formula is C11H19NO4S. The van der Waals surface area contributed by atoms with E-state index in [2.05, 4.69) is 0 Å². The van der Waals surface area contributed by atoms with Crippen LogP contribution >= 0.6 is 0 Å². The Morgan fingerprint density at radius 3 is 2.24 bits per heavy atom. The van der Waals surface area contributed by atoms with Crippen LogP contribution in [0.5, 0.6) is 0 Å². The first-order valence-electron chi connectivity index (χ1n) is 5.90. The first kappa shape index (κ1) is 14.2. The third-order valence-corrected chi connectivity index (χ3v) is 4.49. The number of likely N-dealkylation sites (tertiary alicyclic amines) is 1. The Bertz CT molecular complexity index is 311. The van der Waals surface area contributed by atoms with Gasteiger partial charge in [-0.05, 0) is 19.8 Å². The molecule has 2 unspecified atom stereocenters. The summed E-state index contributed by atoms with van der Waals surface area (Å²) in [4.78, 5) is 24.2. The van der Waals surface area contributed by atoms with Gasteiger partial charge in [-0.15, -0.1) is 0 Å². The molecule has 0 aromatic rings. The maximum Gasteiger partial charge on any atom is 0.318 e. The molecule has 1 amide bonds. The molecule has 98 valence electrons. The van der Waals surface area contributed by atoms with Crippen LogP contribution in [0.2, 0.25) is 0 Å². The van der Waals surface area contributed by atoms with Gasteiger partial charge in [-0.25, -0.2) is 0 Å². The van der Waals surface area contributed by atoms with Crippen molar-refractivity contribution in [3.8, 4) is 0 Å². The Hall–Kier alpha value is -0.910. The highest BCUT2D eigenvalue weighted by molar-refractivity contribution is 7.87. The third kappa shape index (κ3) is 4.46. The Balaban J connectivity index is 2.47. The van der Waals surface area contributed by atoms with E-state index in [1.807, 2.05) is 0 Å². The quantitative estimate of drug-likeness (QED) is 0.804. The number of carboxylic acid groups (broad SMARTS) is 1. The Labute approximate surface area is 104 Å². The molecule has 0 aliphatic carbocycles. The van der Waals surface area contributed by atoms with Crippen molar-refractivity contribution in [2.24, 2.45) is 0 Å². The highest BCUT2D eigenvalue weighted by atomic mass is 32.2. The summed E-state index contributed by atoms with van der Waals surface area (Å²) in [6.07, 6.45) is 4.20. The lowest BCUT2D eigenvalue weighted by molar-refractivity contribution is -0.136. The molecule has 1 saturated heterocycles. The van der Waals surface area contributed by atoms with Crippen molar-refractivity contribution >= 4 is 22.7 Å². The Kier molecular flexibility index (Phi) is 5.61. The summed E-state index contributed by atoms with van der Waals surface area (Å²) in [5.41, 5.74) is 0. The molecule has 0 spiro atoms. The van der Waals surface area contributed by atoms with Crippen LogP contribution in [0.15, 0.2) is 0 Å². The van der Waals surface area contributed by atoms with Gasteiger partial charge in [0, 0.05) is 23.9 Å². The van der Waals surface area contributed by atoms with Crippen LogP contribution in [0.1, 0.15) is 32.6 Å². The third-order valence-electron chi connectivity index (χ3n) is 2.97. The number of nitrogens with zero attached hydrogens (tertiary/aromatic N) is 1. The minimum Gasteiger partial charge on any atom is -0.480 e. The van der Waals surface area contributed by atoms with Gasteiger partial charge in [-0.3, -0.25) is 13.8 Å². The summed E-state index contributed by atoms with van der Waals surface area (Å²) >= 11 is 0. The predicted octanol–water partition coefficient (Wildman–Crippen LogP) is 0.611. The van der Waals surface area contributed by atoms with Crippen molar-refractivity contribution in [1.29, 1.82) is 0 Å². The second-order valence-electron chi connectivity index (χ2n) is 4.30. The largest absolute Gasteiger partial charge is 0.480 e. The highest BCUT2D eigenvalue weighted by Gasteiger charge is 2.24. The zero-order valence-electron chi connectivity index (χ0n) is 10.1. The van der Waals surface area contributed by atoms with Crippen molar-refractivity contribution < 1.29 is 18.9 Å². The molecule has 17 heavy (non-hydrogen) atoms. The van der Waals surface area contributed by atoms with Gasteiger partial charge in [0.25, 0.3) is 0 Å². The molecule has 0 saturated carbocycles. The van der Waals surface area contributed by atoms with E-state index in [9.17, 15) is 13.8 Å². The van der Waals surface area contributed by atoms with Crippen molar-refractivity contribution in [3.05, 3.63) is 0 Å². The standard InChI is InChI=1S/C11H19NO4S/c1-9(11(14)15)17(16)8-10(13)12-6-4-2-3-5-7-12/h9H,2-8H2,1H3,(H,14,15). The summed E-state index contributed by atoms with van der Waals surface area (Å²) in [7, 11) is -1.62. The average Bonchev–Trinajstić information content (AvgIpc) is 2.56. The van der Waals surface area contributed by atoms with Gasteiger partial charge in [0.15, 0.2) is 0 Å². The molecule has 0 aromatic carbocycles. The molecule has 1 aliphatic rings. The zero-order chi connectivity index (χ0) is 12.8. The maximum atomic E-state index is 11.8. The number of amides is 1. The number of hydrogen-bond donors (Lipinski definition) is 1. The van der Waals surface area contributed by atoms with Crippen LogP contribution in [-0.2, 0) is 20.4 Å². The van der Waals surface area contributed by atoms with Gasteiger partial charge in [0.05, 0.1) is 0 Å². The fourth-order valence-corrected chi connectivity index (χ4v) is 2.67. The molecular weight excluding hydrogens is 242 g/mol. The van der Waals surface area contributed by atoms with Gasteiger partial charge in [0.2, 0.25) is 5.91 Å². The van der Waals surface area contributed by atoms with Gasteiger partial charge >= 0.3 is 5.97 Å². The van der Waals surface area contributed by atoms with Crippen LogP contribution in [0, 0.1) is 0 Å². The summed E-state index contributed by atoms with van der Waals surface area (Å²) < 4.78 is 11.6. The first-order valence-corrected chi connectivity index (χ1v) is 7.28. The molecule has 1 rings (SSSR count). The molecule has 1 fully saturated rings. The lowest BCUT2D eigenvalue weighted by atomic mass is 10.2. The molecule has 0 bridgehead atoms. The SMILES string of the molecule is CC(C(=O)O)S(=O)CC(=O)N1CCCCCC1. The summed E-state index contributed by atoms with van der Waals surface area (Å²) in [5.74, 6) is -1.47. The maximum absolute atomic E-state index is 11.8. The van der Waals surface area contributed by atoms with E-state index in [4.69, 9.17) is 5.11 Å². The minimum absolute atomic E-state index is 0.173. The van der Waals surface area contributed by atoms with E-state index >= 15 is 0 Å². The van der Waals surface area contributed by atoms with Crippen LogP contribution in [0.3, 0.4) is 0 Å². The van der Waals surface area contributed by atoms with Crippen molar-refractivity contribution in [2.45, 2.75) is 37.9 Å². The topological polar surface area (TPSA) is 74.7 Å². The van der Waals surface area contributed by atoms with Crippen LogP contribution in [0.25, 0.3) is 0 Å². The van der Waals surface area contributed by atoms with Crippen molar-refractivity contribution in [1.82, 2.24) is 4.90 Å². The average molecular weight is 261 g/mol. The van der Waals surface area contributed by atoms with Crippen molar-refractivity contribution in [3.63, 3.8) is 0 Å². The fraction of sp³-hybridized carbons (Fsp3) is 0.818. The molecule has 0 aromatic heterocycles. The second-order valence-corrected chi connectivity index (χ2v) is 6.06. The van der Waals surface area contributed by atoms with Crippen LogP contribution in [-0.4, -0.2) is 50.2 Å². The summed E-state index contributed by atoms with van der Waals surface area (Å²) in [5, 5.41) is 7.72. The van der Waals surface area contributed by atoms with E-state index in [0.717, 1.165) is 25.7 Å². The lowest BCUT2D eigenvalue weighted by Gasteiger charge is -2.20. The smallest absolute Gasteiger partial charge is 0.318 e. The minimum atomic E-state index is -1.62. The van der Waals surface area contributed by atoms with Gasteiger partial charge in [-0.2, -0.15) is 0 Å². The predicted molar refractivity (Wildman–Crippen MR) is 65.2 cm³/mol. The molecule has 0 radical (unpaired) electrons.